The Labute approximate surface area is 147 Å². The minimum absolute atomic E-state index is 0.0708. The average molecular weight is 378 g/mol. The predicted molar refractivity (Wildman–Crippen MR) is 89.1 cm³/mol. The maximum absolute atomic E-state index is 11.6. The minimum atomic E-state index is -0.684. The van der Waals surface area contributed by atoms with Crippen molar-refractivity contribution in [3.05, 3.63) is 22.0 Å². The number of rotatable bonds is 9. The fourth-order valence-corrected chi connectivity index (χ4v) is 3.02. The van der Waals surface area contributed by atoms with Crippen LogP contribution >= 0.6 is 23.5 Å². The first-order valence-electron chi connectivity index (χ1n) is 6.41. The lowest BCUT2D eigenvalue weighted by molar-refractivity contribution is -0.137. The zero-order chi connectivity index (χ0) is 18.5. The van der Waals surface area contributed by atoms with E-state index in [-0.39, 0.29) is 9.81 Å². The van der Waals surface area contributed by atoms with E-state index in [2.05, 4.69) is 18.9 Å². The zero-order valence-corrected chi connectivity index (χ0v) is 15.3. The minimum Gasteiger partial charge on any atom is -0.466 e. The first-order chi connectivity index (χ1) is 11.4. The van der Waals surface area contributed by atoms with Crippen molar-refractivity contribution < 1.29 is 38.1 Å². The summed E-state index contributed by atoms with van der Waals surface area (Å²) in [7, 11) is 4.76. The average Bonchev–Trinajstić information content (AvgIpc) is 2.60. The third-order valence-electron chi connectivity index (χ3n) is 2.27. The van der Waals surface area contributed by atoms with E-state index in [1.54, 1.807) is 0 Å². The van der Waals surface area contributed by atoms with Gasteiger partial charge in [0, 0.05) is 23.7 Å². The van der Waals surface area contributed by atoms with Gasteiger partial charge in [0.15, 0.2) is 0 Å². The van der Waals surface area contributed by atoms with Gasteiger partial charge in [0.2, 0.25) is 0 Å². The number of carbonyl (C=O) groups excluding carboxylic acids is 4. The lowest BCUT2D eigenvalue weighted by Gasteiger charge is -2.06. The SMILES string of the molecule is COC(=O)/C=C(/SCCS/C(=C/C(=O)OC)C(=O)OC)C(=O)OC. The summed E-state index contributed by atoms with van der Waals surface area (Å²) in [4.78, 5) is 45.7. The van der Waals surface area contributed by atoms with E-state index in [1.807, 2.05) is 0 Å². The van der Waals surface area contributed by atoms with Crippen molar-refractivity contribution in [2.75, 3.05) is 39.9 Å². The van der Waals surface area contributed by atoms with Gasteiger partial charge in [-0.25, -0.2) is 19.2 Å². The Morgan fingerprint density at radius 2 is 1.00 bits per heavy atom. The van der Waals surface area contributed by atoms with Crippen molar-refractivity contribution in [1.82, 2.24) is 0 Å². The quantitative estimate of drug-likeness (QED) is 0.249. The molecule has 0 unspecified atom stereocenters. The summed E-state index contributed by atoms with van der Waals surface area (Å²) < 4.78 is 18.1. The molecule has 0 amide bonds. The largest absolute Gasteiger partial charge is 0.466 e. The van der Waals surface area contributed by atoms with Gasteiger partial charge in [0.25, 0.3) is 0 Å². The molecule has 0 bridgehead atoms. The molecule has 0 saturated heterocycles. The van der Waals surface area contributed by atoms with Crippen molar-refractivity contribution in [3.8, 4) is 0 Å². The lowest BCUT2D eigenvalue weighted by Crippen LogP contribution is -2.08. The first-order valence-corrected chi connectivity index (χ1v) is 8.38. The van der Waals surface area contributed by atoms with Crippen LogP contribution < -0.4 is 0 Å². The molecule has 0 saturated carbocycles. The smallest absolute Gasteiger partial charge is 0.344 e. The number of esters is 4. The van der Waals surface area contributed by atoms with Crippen LogP contribution in [0.2, 0.25) is 0 Å². The molecule has 0 atom stereocenters. The summed E-state index contributed by atoms with van der Waals surface area (Å²) in [6.07, 6.45) is 2.04. The van der Waals surface area contributed by atoms with Crippen LogP contribution in [-0.2, 0) is 38.1 Å². The molecular weight excluding hydrogens is 360 g/mol. The molecule has 134 valence electrons. The van der Waals surface area contributed by atoms with E-state index >= 15 is 0 Å². The standard InChI is InChI=1S/C14H18O8S2/c1-19-11(15)7-9(13(17)21-3)23-5-6-24-10(14(18)22-4)8-12(16)20-2/h7-8H,5-6H2,1-4H3/b9-7+,10-8+. The van der Waals surface area contributed by atoms with Crippen LogP contribution in [0.1, 0.15) is 0 Å². The van der Waals surface area contributed by atoms with Crippen LogP contribution in [0, 0.1) is 0 Å². The molecule has 0 N–H and O–H groups in total. The highest BCUT2D eigenvalue weighted by molar-refractivity contribution is 8.07. The third-order valence-corrected chi connectivity index (χ3v) is 4.54. The first kappa shape index (κ1) is 22.1. The Hall–Kier alpha value is -1.94. The summed E-state index contributed by atoms with van der Waals surface area (Å²) in [5, 5.41) is 0. The molecule has 8 nitrogen and oxygen atoms in total. The van der Waals surface area contributed by atoms with Gasteiger partial charge in [-0.05, 0) is 0 Å². The Morgan fingerprint density at radius 3 is 1.25 bits per heavy atom. The molecule has 10 heteroatoms. The summed E-state index contributed by atoms with van der Waals surface area (Å²) in [6.45, 7) is 0. The van der Waals surface area contributed by atoms with E-state index in [0.717, 1.165) is 35.7 Å². The van der Waals surface area contributed by atoms with E-state index in [4.69, 9.17) is 0 Å². The lowest BCUT2D eigenvalue weighted by atomic mass is 10.5. The second kappa shape index (κ2) is 12.5. The second-order valence-corrected chi connectivity index (χ2v) is 6.02. The Balaban J connectivity index is 4.74. The van der Waals surface area contributed by atoms with E-state index < -0.39 is 23.9 Å². The van der Waals surface area contributed by atoms with Gasteiger partial charge >= 0.3 is 23.9 Å². The molecule has 0 aromatic carbocycles. The van der Waals surface area contributed by atoms with Crippen molar-refractivity contribution in [1.29, 1.82) is 0 Å². The number of hydrogen-bond donors (Lipinski definition) is 0. The summed E-state index contributed by atoms with van der Waals surface area (Å²) in [6, 6.07) is 0. The van der Waals surface area contributed by atoms with E-state index in [9.17, 15) is 19.2 Å². The Morgan fingerprint density at radius 1 is 0.667 bits per heavy atom. The normalized spacial score (nSPS) is 11.5. The van der Waals surface area contributed by atoms with Crippen LogP contribution in [-0.4, -0.2) is 63.8 Å². The van der Waals surface area contributed by atoms with E-state index in [1.165, 1.54) is 28.4 Å². The molecule has 0 radical (unpaired) electrons. The fourth-order valence-electron chi connectivity index (χ4n) is 1.16. The fraction of sp³-hybridized carbons (Fsp3) is 0.429. The second-order valence-electron chi connectivity index (χ2n) is 3.74. The molecule has 0 rings (SSSR count). The van der Waals surface area contributed by atoms with Gasteiger partial charge in [-0.15, -0.1) is 23.5 Å². The maximum atomic E-state index is 11.6. The number of hydrogen-bond acceptors (Lipinski definition) is 10. The molecule has 0 aliphatic heterocycles. The van der Waals surface area contributed by atoms with Crippen LogP contribution in [0.5, 0.6) is 0 Å². The topological polar surface area (TPSA) is 105 Å². The van der Waals surface area contributed by atoms with Crippen LogP contribution in [0.3, 0.4) is 0 Å². The molecule has 0 spiro atoms. The highest BCUT2D eigenvalue weighted by atomic mass is 32.2. The van der Waals surface area contributed by atoms with Crippen molar-refractivity contribution in [2.24, 2.45) is 0 Å². The molecular formula is C14H18O8S2. The number of thioether (sulfide) groups is 2. The van der Waals surface area contributed by atoms with Crippen LogP contribution in [0.4, 0.5) is 0 Å². The van der Waals surface area contributed by atoms with Gasteiger partial charge in [-0.1, -0.05) is 0 Å². The maximum Gasteiger partial charge on any atom is 0.344 e. The number of ether oxygens (including phenoxy) is 4. The molecule has 24 heavy (non-hydrogen) atoms. The van der Waals surface area contributed by atoms with Crippen molar-refractivity contribution in [2.45, 2.75) is 0 Å². The Kier molecular flexibility index (Phi) is 11.5. The van der Waals surface area contributed by atoms with Gasteiger partial charge in [-0.3, -0.25) is 0 Å². The number of carbonyl (C=O) groups is 4. The van der Waals surface area contributed by atoms with E-state index in [0.29, 0.717) is 11.5 Å². The zero-order valence-electron chi connectivity index (χ0n) is 13.7. The summed E-state index contributed by atoms with van der Waals surface area (Å²) in [5.74, 6) is -1.99. The third kappa shape index (κ3) is 8.63. The monoisotopic (exact) mass is 378 g/mol. The molecule has 0 fully saturated rings. The van der Waals surface area contributed by atoms with Crippen molar-refractivity contribution >= 4 is 47.4 Å². The molecule has 0 aromatic heterocycles. The van der Waals surface area contributed by atoms with Crippen LogP contribution in [0.15, 0.2) is 22.0 Å². The van der Waals surface area contributed by atoms with Crippen molar-refractivity contribution in [3.63, 3.8) is 0 Å². The summed E-state index contributed by atoms with van der Waals surface area (Å²) >= 11 is 2.11. The summed E-state index contributed by atoms with van der Waals surface area (Å²) in [5.41, 5.74) is 0. The van der Waals surface area contributed by atoms with Gasteiger partial charge < -0.3 is 18.9 Å². The molecule has 0 aromatic rings. The van der Waals surface area contributed by atoms with Gasteiger partial charge in [0.05, 0.1) is 38.2 Å². The highest BCUT2D eigenvalue weighted by Crippen LogP contribution is 2.23. The highest BCUT2D eigenvalue weighted by Gasteiger charge is 2.15. The Bertz CT molecular complexity index is 491. The molecule has 0 aliphatic rings. The van der Waals surface area contributed by atoms with Gasteiger partial charge in [-0.2, -0.15) is 0 Å². The number of methoxy groups -OCH3 is 4. The predicted octanol–water partition coefficient (Wildman–Crippen LogP) is 0.913. The van der Waals surface area contributed by atoms with Crippen LogP contribution in [0.25, 0.3) is 0 Å². The molecule has 0 heterocycles. The molecule has 0 aliphatic carbocycles. The van der Waals surface area contributed by atoms with Gasteiger partial charge in [0.1, 0.15) is 0 Å².